The topological polar surface area (TPSA) is 58.4 Å². The molecule has 1 aromatic carbocycles. The van der Waals surface area contributed by atoms with Crippen molar-refractivity contribution in [1.29, 1.82) is 0 Å². The van der Waals surface area contributed by atoms with Gasteiger partial charge in [0, 0.05) is 5.69 Å². The molecule has 0 aromatic heterocycles. The number of benzene rings is 1. The largest absolute Gasteiger partial charge is 0.372 e. The Morgan fingerprint density at radius 1 is 1.43 bits per heavy atom. The van der Waals surface area contributed by atoms with Gasteiger partial charge in [0.15, 0.2) is 0 Å². The Bertz CT molecular complexity index is 287. The average molecular weight is 193 g/mol. The molecule has 0 bridgehead atoms. The van der Waals surface area contributed by atoms with Crippen molar-refractivity contribution in [3.63, 3.8) is 0 Å². The van der Waals surface area contributed by atoms with Gasteiger partial charge < -0.3 is 11.1 Å². The van der Waals surface area contributed by atoms with E-state index < -0.39 is 0 Å². The van der Waals surface area contributed by atoms with Crippen molar-refractivity contribution in [2.75, 3.05) is 25.6 Å². The number of carbonyl (C=O) groups excluding carboxylic acids is 1. The van der Waals surface area contributed by atoms with Crippen LogP contribution in [0.3, 0.4) is 0 Å². The molecule has 0 aliphatic rings. The standard InChI is InChI=1S/C10H15N3O/c1-13(7-10(11)14)8-12-9-5-3-2-4-6-9/h2-6,12H,7-8H2,1H3,(H2,11,14). The molecule has 3 N–H and O–H groups in total. The van der Waals surface area contributed by atoms with E-state index in [9.17, 15) is 4.79 Å². The molecular weight excluding hydrogens is 178 g/mol. The van der Waals surface area contributed by atoms with Gasteiger partial charge in [-0.25, -0.2) is 0 Å². The highest BCUT2D eigenvalue weighted by Gasteiger charge is 2.00. The number of carbonyl (C=O) groups is 1. The number of nitrogens with one attached hydrogen (secondary N) is 1. The molecule has 14 heavy (non-hydrogen) atoms. The Labute approximate surface area is 83.7 Å². The van der Waals surface area contributed by atoms with Gasteiger partial charge in [0.05, 0.1) is 13.2 Å². The summed E-state index contributed by atoms with van der Waals surface area (Å²) < 4.78 is 0. The maximum atomic E-state index is 10.6. The van der Waals surface area contributed by atoms with E-state index in [0.29, 0.717) is 6.67 Å². The quantitative estimate of drug-likeness (QED) is 0.668. The molecule has 1 rings (SSSR count). The van der Waals surface area contributed by atoms with Crippen LogP contribution in [0.2, 0.25) is 0 Å². The van der Waals surface area contributed by atoms with E-state index in [-0.39, 0.29) is 12.5 Å². The number of hydrogen-bond acceptors (Lipinski definition) is 3. The highest BCUT2D eigenvalue weighted by molar-refractivity contribution is 5.75. The van der Waals surface area contributed by atoms with Gasteiger partial charge in [-0.3, -0.25) is 9.69 Å². The van der Waals surface area contributed by atoms with E-state index in [1.54, 1.807) is 0 Å². The van der Waals surface area contributed by atoms with Crippen LogP contribution in [-0.2, 0) is 4.79 Å². The smallest absolute Gasteiger partial charge is 0.231 e. The average Bonchev–Trinajstić information content (AvgIpc) is 2.15. The van der Waals surface area contributed by atoms with E-state index in [0.717, 1.165) is 5.69 Å². The van der Waals surface area contributed by atoms with Crippen LogP contribution in [0.5, 0.6) is 0 Å². The van der Waals surface area contributed by atoms with Gasteiger partial charge in [0.25, 0.3) is 0 Å². The monoisotopic (exact) mass is 193 g/mol. The highest BCUT2D eigenvalue weighted by Crippen LogP contribution is 2.03. The molecule has 0 heterocycles. The number of likely N-dealkylation sites (N-methyl/N-ethyl adjacent to an activating group) is 1. The first kappa shape index (κ1) is 10.5. The molecule has 0 spiro atoms. The van der Waals surface area contributed by atoms with Crippen LogP contribution in [0, 0.1) is 0 Å². The van der Waals surface area contributed by atoms with Gasteiger partial charge in [0.1, 0.15) is 0 Å². The molecule has 1 amide bonds. The predicted octanol–water partition coefficient (Wildman–Crippen LogP) is 0.473. The third-order valence-electron chi connectivity index (χ3n) is 1.75. The van der Waals surface area contributed by atoms with Crippen molar-refractivity contribution in [3.05, 3.63) is 30.3 Å². The van der Waals surface area contributed by atoms with Crippen molar-refractivity contribution >= 4 is 11.6 Å². The summed E-state index contributed by atoms with van der Waals surface area (Å²) in [7, 11) is 1.83. The Kier molecular flexibility index (Phi) is 3.94. The first-order valence-corrected chi connectivity index (χ1v) is 4.44. The van der Waals surface area contributed by atoms with Gasteiger partial charge in [-0.05, 0) is 19.2 Å². The molecule has 4 nitrogen and oxygen atoms in total. The minimum Gasteiger partial charge on any atom is -0.372 e. The Hall–Kier alpha value is -1.55. The van der Waals surface area contributed by atoms with Crippen molar-refractivity contribution in [1.82, 2.24) is 4.90 Å². The summed E-state index contributed by atoms with van der Waals surface area (Å²) in [4.78, 5) is 12.4. The molecule has 1 aromatic rings. The molecule has 0 saturated heterocycles. The lowest BCUT2D eigenvalue weighted by molar-refractivity contribution is -0.118. The number of amides is 1. The normalized spacial score (nSPS) is 10.1. The molecule has 0 fully saturated rings. The maximum absolute atomic E-state index is 10.6. The summed E-state index contributed by atoms with van der Waals surface area (Å²) in [6.45, 7) is 0.868. The van der Waals surface area contributed by atoms with Gasteiger partial charge in [-0.15, -0.1) is 0 Å². The lowest BCUT2D eigenvalue weighted by atomic mass is 10.3. The Balaban J connectivity index is 2.30. The van der Waals surface area contributed by atoms with E-state index in [2.05, 4.69) is 5.32 Å². The van der Waals surface area contributed by atoms with E-state index in [4.69, 9.17) is 5.73 Å². The highest BCUT2D eigenvalue weighted by atomic mass is 16.1. The van der Waals surface area contributed by atoms with Crippen LogP contribution >= 0.6 is 0 Å². The fourth-order valence-corrected chi connectivity index (χ4v) is 1.10. The zero-order valence-corrected chi connectivity index (χ0v) is 8.23. The summed E-state index contributed by atoms with van der Waals surface area (Å²) in [5.74, 6) is -0.317. The summed E-state index contributed by atoms with van der Waals surface area (Å²) in [5, 5.41) is 3.17. The summed E-state index contributed by atoms with van der Waals surface area (Å²) in [6, 6.07) is 9.81. The van der Waals surface area contributed by atoms with Gasteiger partial charge in [0.2, 0.25) is 5.91 Å². The van der Waals surface area contributed by atoms with Crippen LogP contribution in [0.1, 0.15) is 0 Å². The van der Waals surface area contributed by atoms with Crippen molar-refractivity contribution in [2.24, 2.45) is 5.73 Å². The molecule has 0 aliphatic carbocycles. The Morgan fingerprint density at radius 3 is 2.64 bits per heavy atom. The molecule has 0 radical (unpaired) electrons. The first-order valence-electron chi connectivity index (χ1n) is 4.44. The number of primary amides is 1. The van der Waals surface area contributed by atoms with Crippen LogP contribution in [0.15, 0.2) is 30.3 Å². The number of para-hydroxylation sites is 1. The van der Waals surface area contributed by atoms with Crippen molar-refractivity contribution in [3.8, 4) is 0 Å². The number of rotatable bonds is 5. The van der Waals surface area contributed by atoms with E-state index in [1.165, 1.54) is 0 Å². The molecule has 4 heteroatoms. The second-order valence-electron chi connectivity index (χ2n) is 3.18. The fraction of sp³-hybridized carbons (Fsp3) is 0.300. The molecule has 76 valence electrons. The summed E-state index contributed by atoms with van der Waals surface area (Å²) in [5.41, 5.74) is 6.09. The van der Waals surface area contributed by atoms with Crippen molar-refractivity contribution < 1.29 is 4.79 Å². The van der Waals surface area contributed by atoms with Crippen LogP contribution in [-0.4, -0.2) is 31.1 Å². The number of anilines is 1. The third kappa shape index (κ3) is 3.91. The van der Waals surface area contributed by atoms with E-state index in [1.807, 2.05) is 42.3 Å². The van der Waals surface area contributed by atoms with Crippen LogP contribution < -0.4 is 11.1 Å². The fourth-order valence-electron chi connectivity index (χ4n) is 1.10. The van der Waals surface area contributed by atoms with Gasteiger partial charge in [-0.1, -0.05) is 18.2 Å². The molecule has 0 aliphatic heterocycles. The number of nitrogens with zero attached hydrogens (tertiary/aromatic N) is 1. The summed E-state index contributed by atoms with van der Waals surface area (Å²) in [6.07, 6.45) is 0. The van der Waals surface area contributed by atoms with Crippen molar-refractivity contribution in [2.45, 2.75) is 0 Å². The second kappa shape index (κ2) is 5.24. The second-order valence-corrected chi connectivity index (χ2v) is 3.18. The minimum absolute atomic E-state index is 0.264. The zero-order chi connectivity index (χ0) is 10.4. The van der Waals surface area contributed by atoms with Gasteiger partial charge in [-0.2, -0.15) is 0 Å². The molecule has 0 unspecified atom stereocenters. The Morgan fingerprint density at radius 2 is 2.07 bits per heavy atom. The molecular formula is C10H15N3O. The zero-order valence-electron chi connectivity index (χ0n) is 8.23. The van der Waals surface area contributed by atoms with Gasteiger partial charge >= 0.3 is 0 Å². The molecule has 0 atom stereocenters. The van der Waals surface area contributed by atoms with Crippen LogP contribution in [0.4, 0.5) is 5.69 Å². The summed E-state index contributed by atoms with van der Waals surface area (Å²) >= 11 is 0. The predicted molar refractivity (Wildman–Crippen MR) is 56.8 cm³/mol. The minimum atomic E-state index is -0.317. The lowest BCUT2D eigenvalue weighted by Crippen LogP contribution is -2.34. The molecule has 0 saturated carbocycles. The number of hydrogen-bond donors (Lipinski definition) is 2. The van der Waals surface area contributed by atoms with E-state index >= 15 is 0 Å². The number of nitrogens with two attached hydrogens (primary N) is 1. The maximum Gasteiger partial charge on any atom is 0.231 e. The van der Waals surface area contributed by atoms with Crippen LogP contribution in [0.25, 0.3) is 0 Å². The SMILES string of the molecule is CN(CNc1ccccc1)CC(N)=O. The first-order chi connectivity index (χ1) is 6.68. The lowest BCUT2D eigenvalue weighted by Gasteiger charge is -2.15. The third-order valence-corrected chi connectivity index (χ3v) is 1.75.